The average Bonchev–Trinajstić information content (AvgIpc) is 2.88. The van der Waals surface area contributed by atoms with Gasteiger partial charge in [0.1, 0.15) is 11.5 Å². The fraction of sp³-hybridized carbons (Fsp3) is 0.429. The van der Waals surface area contributed by atoms with E-state index in [0.717, 1.165) is 18.1 Å². The lowest BCUT2D eigenvalue weighted by atomic mass is 9.97. The van der Waals surface area contributed by atoms with Gasteiger partial charge in [-0.05, 0) is 55.3 Å². The van der Waals surface area contributed by atoms with Gasteiger partial charge in [0, 0.05) is 5.56 Å². The third kappa shape index (κ3) is 2.31. The van der Waals surface area contributed by atoms with Crippen LogP contribution in [0.15, 0.2) is 21.2 Å². The van der Waals surface area contributed by atoms with Crippen LogP contribution in [0.2, 0.25) is 0 Å². The minimum atomic E-state index is 0.253. The third-order valence-corrected chi connectivity index (χ3v) is 3.89. The standard InChI is InChI=1S/C14H19NOS/c1-5-15-14(12-6-7-17-8-12)13-9(2)10(3)16-11(13)4/h6-8,14-15H,5H2,1-4H3. The van der Waals surface area contributed by atoms with Gasteiger partial charge in [-0.15, -0.1) is 0 Å². The zero-order valence-electron chi connectivity index (χ0n) is 10.8. The summed E-state index contributed by atoms with van der Waals surface area (Å²) in [6.45, 7) is 9.30. The van der Waals surface area contributed by atoms with E-state index in [4.69, 9.17) is 4.42 Å². The van der Waals surface area contributed by atoms with Crippen LogP contribution in [0.25, 0.3) is 0 Å². The van der Waals surface area contributed by atoms with Crippen LogP contribution in [0.1, 0.15) is 41.2 Å². The molecular formula is C14H19NOS. The van der Waals surface area contributed by atoms with Crippen molar-refractivity contribution >= 4 is 11.3 Å². The Morgan fingerprint density at radius 3 is 2.53 bits per heavy atom. The van der Waals surface area contributed by atoms with Crippen molar-refractivity contribution in [3.8, 4) is 0 Å². The van der Waals surface area contributed by atoms with E-state index in [0.29, 0.717) is 0 Å². The van der Waals surface area contributed by atoms with Crippen LogP contribution >= 0.6 is 11.3 Å². The zero-order valence-corrected chi connectivity index (χ0v) is 11.6. The molecule has 0 amide bonds. The smallest absolute Gasteiger partial charge is 0.106 e. The Kier molecular flexibility index (Phi) is 3.69. The highest BCUT2D eigenvalue weighted by molar-refractivity contribution is 7.08. The first-order chi connectivity index (χ1) is 8.15. The maximum absolute atomic E-state index is 5.73. The summed E-state index contributed by atoms with van der Waals surface area (Å²) < 4.78 is 5.73. The SMILES string of the molecule is CCNC(c1ccsc1)c1c(C)oc(C)c1C. The van der Waals surface area contributed by atoms with E-state index in [1.165, 1.54) is 16.7 Å². The van der Waals surface area contributed by atoms with Crippen molar-refractivity contribution in [2.45, 2.75) is 33.7 Å². The summed E-state index contributed by atoms with van der Waals surface area (Å²) >= 11 is 1.74. The average molecular weight is 249 g/mol. The van der Waals surface area contributed by atoms with Crippen molar-refractivity contribution in [3.05, 3.63) is 45.0 Å². The molecule has 92 valence electrons. The maximum atomic E-state index is 5.73. The molecule has 0 radical (unpaired) electrons. The number of thiophene rings is 1. The maximum Gasteiger partial charge on any atom is 0.106 e. The van der Waals surface area contributed by atoms with Gasteiger partial charge in [0.2, 0.25) is 0 Å². The number of hydrogen-bond donors (Lipinski definition) is 1. The second-order valence-corrected chi connectivity index (χ2v) is 5.08. The summed E-state index contributed by atoms with van der Waals surface area (Å²) in [5.41, 5.74) is 3.88. The molecule has 2 aromatic rings. The third-order valence-electron chi connectivity index (χ3n) is 3.19. The summed E-state index contributed by atoms with van der Waals surface area (Å²) in [6, 6.07) is 2.43. The molecule has 0 aliphatic rings. The highest BCUT2D eigenvalue weighted by Crippen LogP contribution is 2.32. The highest BCUT2D eigenvalue weighted by atomic mass is 32.1. The first-order valence-corrected chi connectivity index (χ1v) is 6.91. The topological polar surface area (TPSA) is 25.2 Å². The van der Waals surface area contributed by atoms with E-state index in [1.807, 2.05) is 13.8 Å². The molecule has 0 aliphatic heterocycles. The lowest BCUT2D eigenvalue weighted by Gasteiger charge is -2.17. The first-order valence-electron chi connectivity index (χ1n) is 5.97. The summed E-state index contributed by atoms with van der Waals surface area (Å²) in [5.74, 6) is 2.05. The predicted octanol–water partition coefficient (Wildman–Crippen LogP) is 3.97. The van der Waals surface area contributed by atoms with Gasteiger partial charge in [0.15, 0.2) is 0 Å². The molecule has 2 rings (SSSR count). The van der Waals surface area contributed by atoms with Crippen molar-refractivity contribution in [1.29, 1.82) is 0 Å². The second-order valence-electron chi connectivity index (χ2n) is 4.30. The molecular weight excluding hydrogens is 230 g/mol. The fourth-order valence-corrected chi connectivity index (χ4v) is 2.95. The summed E-state index contributed by atoms with van der Waals surface area (Å²) in [7, 11) is 0. The summed E-state index contributed by atoms with van der Waals surface area (Å²) in [6.07, 6.45) is 0. The van der Waals surface area contributed by atoms with Crippen LogP contribution in [-0.4, -0.2) is 6.54 Å². The Balaban J connectivity index is 2.46. The van der Waals surface area contributed by atoms with Crippen molar-refractivity contribution in [3.63, 3.8) is 0 Å². The molecule has 3 heteroatoms. The van der Waals surface area contributed by atoms with Gasteiger partial charge in [-0.3, -0.25) is 0 Å². The van der Waals surface area contributed by atoms with Gasteiger partial charge >= 0.3 is 0 Å². The fourth-order valence-electron chi connectivity index (χ4n) is 2.26. The molecule has 0 spiro atoms. The monoisotopic (exact) mass is 249 g/mol. The normalized spacial score (nSPS) is 12.9. The number of furan rings is 1. The Morgan fingerprint density at radius 2 is 2.06 bits per heavy atom. The number of aryl methyl sites for hydroxylation is 2. The van der Waals surface area contributed by atoms with Crippen LogP contribution in [-0.2, 0) is 0 Å². The Morgan fingerprint density at radius 1 is 1.29 bits per heavy atom. The molecule has 17 heavy (non-hydrogen) atoms. The van der Waals surface area contributed by atoms with Crippen LogP contribution in [0, 0.1) is 20.8 Å². The Labute approximate surface area is 107 Å². The molecule has 1 atom stereocenters. The molecule has 0 bridgehead atoms. The molecule has 0 aromatic carbocycles. The predicted molar refractivity (Wildman–Crippen MR) is 72.8 cm³/mol. The molecule has 2 aromatic heterocycles. The lowest BCUT2D eigenvalue weighted by Crippen LogP contribution is -2.22. The quantitative estimate of drug-likeness (QED) is 0.887. The molecule has 0 saturated carbocycles. The minimum Gasteiger partial charge on any atom is -0.466 e. The van der Waals surface area contributed by atoms with Gasteiger partial charge in [0.25, 0.3) is 0 Å². The van der Waals surface area contributed by atoms with E-state index in [2.05, 4.69) is 36.0 Å². The van der Waals surface area contributed by atoms with E-state index in [9.17, 15) is 0 Å². The first kappa shape index (κ1) is 12.4. The lowest BCUT2D eigenvalue weighted by molar-refractivity contribution is 0.494. The molecule has 1 unspecified atom stereocenters. The Bertz CT molecular complexity index is 485. The van der Waals surface area contributed by atoms with E-state index in [-0.39, 0.29) is 6.04 Å². The van der Waals surface area contributed by atoms with Gasteiger partial charge in [-0.1, -0.05) is 6.92 Å². The second kappa shape index (κ2) is 5.07. The largest absolute Gasteiger partial charge is 0.466 e. The van der Waals surface area contributed by atoms with Gasteiger partial charge < -0.3 is 9.73 Å². The van der Waals surface area contributed by atoms with Crippen molar-refractivity contribution in [2.24, 2.45) is 0 Å². The van der Waals surface area contributed by atoms with E-state index in [1.54, 1.807) is 11.3 Å². The molecule has 0 saturated heterocycles. The molecule has 1 N–H and O–H groups in total. The molecule has 2 nitrogen and oxygen atoms in total. The highest BCUT2D eigenvalue weighted by Gasteiger charge is 2.22. The van der Waals surface area contributed by atoms with E-state index >= 15 is 0 Å². The Hall–Kier alpha value is -1.06. The molecule has 2 heterocycles. The number of hydrogen-bond acceptors (Lipinski definition) is 3. The van der Waals surface area contributed by atoms with Crippen LogP contribution in [0.5, 0.6) is 0 Å². The van der Waals surface area contributed by atoms with Gasteiger partial charge in [-0.2, -0.15) is 11.3 Å². The summed E-state index contributed by atoms with van der Waals surface area (Å²) in [5, 5.41) is 7.87. The number of nitrogens with one attached hydrogen (secondary N) is 1. The van der Waals surface area contributed by atoms with Crippen molar-refractivity contribution in [1.82, 2.24) is 5.32 Å². The van der Waals surface area contributed by atoms with Crippen LogP contribution in [0.4, 0.5) is 0 Å². The van der Waals surface area contributed by atoms with Gasteiger partial charge in [-0.25, -0.2) is 0 Å². The zero-order chi connectivity index (χ0) is 12.4. The van der Waals surface area contributed by atoms with E-state index < -0.39 is 0 Å². The minimum absolute atomic E-state index is 0.253. The van der Waals surface area contributed by atoms with Crippen molar-refractivity contribution in [2.75, 3.05) is 6.54 Å². The van der Waals surface area contributed by atoms with Crippen LogP contribution in [0.3, 0.4) is 0 Å². The van der Waals surface area contributed by atoms with Gasteiger partial charge in [0.05, 0.1) is 6.04 Å². The summed E-state index contributed by atoms with van der Waals surface area (Å²) in [4.78, 5) is 0. The number of rotatable bonds is 4. The van der Waals surface area contributed by atoms with Crippen LogP contribution < -0.4 is 5.32 Å². The molecule has 0 aliphatic carbocycles. The van der Waals surface area contributed by atoms with Crippen molar-refractivity contribution < 1.29 is 4.42 Å². The molecule has 0 fully saturated rings.